The molecule has 0 spiro atoms. The van der Waals surface area contributed by atoms with Crippen LogP contribution in [0.25, 0.3) is 11.0 Å². The summed E-state index contributed by atoms with van der Waals surface area (Å²) >= 11 is 0. The van der Waals surface area contributed by atoms with Crippen molar-refractivity contribution in [1.82, 2.24) is 9.97 Å². The highest BCUT2D eigenvalue weighted by atomic mass is 19.1. The largest absolute Gasteiger partial charge is 0.483 e. The number of nitrogens with zero attached hydrogens (tertiary/aromatic N) is 1. The molecule has 0 aliphatic carbocycles. The number of benzene rings is 2. The number of aromatic nitrogens is 2. The van der Waals surface area contributed by atoms with Crippen molar-refractivity contribution in [2.75, 3.05) is 0 Å². The van der Waals surface area contributed by atoms with Gasteiger partial charge in [-0.2, -0.15) is 0 Å². The molecule has 0 aliphatic rings. The van der Waals surface area contributed by atoms with Gasteiger partial charge in [0.05, 0.1) is 11.0 Å². The number of ether oxygens (including phenoxy) is 1. The van der Waals surface area contributed by atoms with E-state index in [-0.39, 0.29) is 11.9 Å². The number of imidazole rings is 1. The van der Waals surface area contributed by atoms with Gasteiger partial charge in [0.25, 0.3) is 0 Å². The van der Waals surface area contributed by atoms with Gasteiger partial charge in [-0.1, -0.05) is 17.7 Å². The van der Waals surface area contributed by atoms with Crippen molar-refractivity contribution in [2.45, 2.75) is 20.0 Å². The summed E-state index contributed by atoms with van der Waals surface area (Å²) in [7, 11) is 0. The fourth-order valence-electron chi connectivity index (χ4n) is 2.07. The molecule has 0 bridgehead atoms. The van der Waals surface area contributed by atoms with Crippen molar-refractivity contribution >= 4 is 11.0 Å². The minimum Gasteiger partial charge on any atom is -0.483 e. The summed E-state index contributed by atoms with van der Waals surface area (Å²) in [5, 5.41) is 0. The molecule has 4 heteroatoms. The number of fused-ring (bicyclic) bond motifs is 1. The van der Waals surface area contributed by atoms with Crippen LogP contribution in [0.5, 0.6) is 5.75 Å². The van der Waals surface area contributed by atoms with Crippen LogP contribution in [0.3, 0.4) is 0 Å². The number of halogens is 1. The summed E-state index contributed by atoms with van der Waals surface area (Å²) in [6.07, 6.45) is -0.229. The maximum atomic E-state index is 13.2. The number of rotatable bonds is 3. The summed E-state index contributed by atoms with van der Waals surface area (Å²) in [4.78, 5) is 7.51. The average Bonchev–Trinajstić information content (AvgIpc) is 2.84. The number of hydrogen-bond acceptors (Lipinski definition) is 2. The molecule has 0 amide bonds. The summed E-state index contributed by atoms with van der Waals surface area (Å²) < 4.78 is 19.0. The van der Waals surface area contributed by atoms with Crippen LogP contribution in [0.15, 0.2) is 42.5 Å². The highest BCUT2D eigenvalue weighted by Crippen LogP contribution is 2.22. The third-order valence-corrected chi connectivity index (χ3v) is 3.18. The Morgan fingerprint density at radius 3 is 2.65 bits per heavy atom. The van der Waals surface area contributed by atoms with Crippen molar-refractivity contribution in [3.63, 3.8) is 0 Å². The molecule has 1 atom stereocenters. The zero-order valence-electron chi connectivity index (χ0n) is 11.4. The van der Waals surface area contributed by atoms with Crippen LogP contribution < -0.4 is 4.74 Å². The first kappa shape index (κ1) is 12.7. The molecule has 2 aromatic carbocycles. The first-order chi connectivity index (χ1) is 9.61. The lowest BCUT2D eigenvalue weighted by Crippen LogP contribution is -2.04. The highest BCUT2D eigenvalue weighted by molar-refractivity contribution is 5.75. The molecule has 20 heavy (non-hydrogen) atoms. The minimum absolute atomic E-state index is 0.229. The summed E-state index contributed by atoms with van der Waals surface area (Å²) in [5.41, 5.74) is 2.60. The Kier molecular flexibility index (Phi) is 3.14. The highest BCUT2D eigenvalue weighted by Gasteiger charge is 2.12. The fraction of sp³-hybridized carbons (Fsp3) is 0.188. The van der Waals surface area contributed by atoms with Gasteiger partial charge >= 0.3 is 0 Å². The monoisotopic (exact) mass is 270 g/mol. The zero-order valence-corrected chi connectivity index (χ0v) is 11.4. The zero-order chi connectivity index (χ0) is 14.1. The van der Waals surface area contributed by atoms with Gasteiger partial charge in [0, 0.05) is 0 Å². The summed E-state index contributed by atoms with van der Waals surface area (Å²) in [6.45, 7) is 3.94. The predicted octanol–water partition coefficient (Wildman–Crippen LogP) is 4.15. The standard InChI is InChI=1S/C16H15FN2O/c1-10-3-6-13(7-4-10)20-11(2)16-18-14-8-5-12(17)9-15(14)19-16/h3-9,11H,1-2H3,(H,18,19). The van der Waals surface area contributed by atoms with Gasteiger partial charge in [-0.05, 0) is 44.2 Å². The van der Waals surface area contributed by atoms with E-state index in [2.05, 4.69) is 9.97 Å². The fourth-order valence-corrected chi connectivity index (χ4v) is 2.07. The SMILES string of the molecule is Cc1ccc(OC(C)c2nc3ccc(F)cc3[nH]2)cc1. The van der Waals surface area contributed by atoms with E-state index in [4.69, 9.17) is 4.74 Å². The molecule has 1 heterocycles. The molecule has 3 rings (SSSR count). The number of nitrogens with one attached hydrogen (secondary N) is 1. The maximum Gasteiger partial charge on any atom is 0.153 e. The number of aryl methyl sites for hydroxylation is 1. The minimum atomic E-state index is -0.278. The molecule has 0 aliphatic heterocycles. The van der Waals surface area contributed by atoms with Gasteiger partial charge in [0.15, 0.2) is 6.10 Å². The van der Waals surface area contributed by atoms with Crippen LogP contribution in [0.4, 0.5) is 4.39 Å². The second-order valence-corrected chi connectivity index (χ2v) is 4.86. The summed E-state index contributed by atoms with van der Waals surface area (Å²) in [6, 6.07) is 12.3. The Hall–Kier alpha value is -2.36. The van der Waals surface area contributed by atoms with Crippen LogP contribution >= 0.6 is 0 Å². The third-order valence-electron chi connectivity index (χ3n) is 3.18. The topological polar surface area (TPSA) is 37.9 Å². The predicted molar refractivity (Wildman–Crippen MR) is 76.3 cm³/mol. The van der Waals surface area contributed by atoms with E-state index in [1.165, 1.54) is 17.7 Å². The van der Waals surface area contributed by atoms with E-state index in [1.807, 2.05) is 38.1 Å². The Labute approximate surface area is 116 Å². The van der Waals surface area contributed by atoms with Crippen LogP contribution in [-0.2, 0) is 0 Å². The lowest BCUT2D eigenvalue weighted by molar-refractivity contribution is 0.218. The van der Waals surface area contributed by atoms with Gasteiger partial charge in [-0.15, -0.1) is 0 Å². The van der Waals surface area contributed by atoms with E-state index in [0.29, 0.717) is 11.3 Å². The second-order valence-electron chi connectivity index (χ2n) is 4.86. The molecule has 0 fully saturated rings. The first-order valence-corrected chi connectivity index (χ1v) is 6.50. The smallest absolute Gasteiger partial charge is 0.153 e. The van der Waals surface area contributed by atoms with E-state index in [1.54, 1.807) is 6.07 Å². The van der Waals surface area contributed by atoms with Gasteiger partial charge in [-0.3, -0.25) is 0 Å². The molecule has 1 N–H and O–H groups in total. The van der Waals surface area contributed by atoms with Crippen molar-refractivity contribution in [1.29, 1.82) is 0 Å². The molecule has 3 aromatic rings. The molecule has 102 valence electrons. The van der Waals surface area contributed by atoms with Crippen molar-refractivity contribution in [3.8, 4) is 5.75 Å². The van der Waals surface area contributed by atoms with Gasteiger partial charge in [-0.25, -0.2) is 9.37 Å². The Bertz CT molecular complexity index is 734. The van der Waals surface area contributed by atoms with Crippen LogP contribution in [0.2, 0.25) is 0 Å². The average molecular weight is 270 g/mol. The lowest BCUT2D eigenvalue weighted by atomic mass is 10.2. The van der Waals surface area contributed by atoms with Crippen LogP contribution in [0, 0.1) is 12.7 Å². The molecule has 0 saturated heterocycles. The molecule has 0 radical (unpaired) electrons. The van der Waals surface area contributed by atoms with Crippen LogP contribution in [0.1, 0.15) is 24.4 Å². The Morgan fingerprint density at radius 1 is 1.15 bits per heavy atom. The van der Waals surface area contributed by atoms with E-state index >= 15 is 0 Å². The quantitative estimate of drug-likeness (QED) is 0.776. The molecule has 1 unspecified atom stereocenters. The first-order valence-electron chi connectivity index (χ1n) is 6.50. The van der Waals surface area contributed by atoms with Gasteiger partial charge < -0.3 is 9.72 Å². The van der Waals surface area contributed by atoms with Gasteiger partial charge in [0.1, 0.15) is 17.4 Å². The van der Waals surface area contributed by atoms with E-state index in [0.717, 1.165) is 11.3 Å². The van der Waals surface area contributed by atoms with Crippen molar-refractivity contribution in [3.05, 3.63) is 59.7 Å². The van der Waals surface area contributed by atoms with Crippen molar-refractivity contribution < 1.29 is 9.13 Å². The Balaban J connectivity index is 1.84. The van der Waals surface area contributed by atoms with Crippen LogP contribution in [-0.4, -0.2) is 9.97 Å². The van der Waals surface area contributed by atoms with Crippen molar-refractivity contribution in [2.24, 2.45) is 0 Å². The summed E-state index contributed by atoms with van der Waals surface area (Å²) in [5.74, 6) is 1.20. The molecule has 0 saturated carbocycles. The Morgan fingerprint density at radius 2 is 1.90 bits per heavy atom. The number of H-pyrrole nitrogens is 1. The normalized spacial score (nSPS) is 12.6. The molecule has 1 aromatic heterocycles. The van der Waals surface area contributed by atoms with Gasteiger partial charge in [0.2, 0.25) is 0 Å². The molecular weight excluding hydrogens is 255 g/mol. The van der Waals surface area contributed by atoms with E-state index in [9.17, 15) is 4.39 Å². The maximum absolute atomic E-state index is 13.2. The van der Waals surface area contributed by atoms with E-state index < -0.39 is 0 Å². The second kappa shape index (κ2) is 4.96. The lowest BCUT2D eigenvalue weighted by Gasteiger charge is -2.12. The molecular formula is C16H15FN2O. The molecule has 3 nitrogen and oxygen atoms in total. The number of aromatic amines is 1. The number of hydrogen-bond donors (Lipinski definition) is 1. The third kappa shape index (κ3) is 2.50.